The predicted molar refractivity (Wildman–Crippen MR) is 140 cm³/mol. The summed E-state index contributed by atoms with van der Waals surface area (Å²) in [5.41, 5.74) is 10.7. The molecule has 180 valence electrons. The highest BCUT2D eigenvalue weighted by Crippen LogP contribution is 2.45. The molecule has 6 rings (SSSR count). The highest BCUT2D eigenvalue weighted by molar-refractivity contribution is 5.97. The van der Waals surface area contributed by atoms with Crippen molar-refractivity contribution in [1.82, 2.24) is 0 Å². The van der Waals surface area contributed by atoms with Crippen molar-refractivity contribution in [2.24, 2.45) is 5.73 Å². The maximum Gasteiger partial charge on any atom is 0.379 e. The first-order valence-corrected chi connectivity index (χ1v) is 11.9. The van der Waals surface area contributed by atoms with Crippen LogP contribution in [0, 0.1) is 25.2 Å². The number of benzene rings is 4. The topological polar surface area (TPSA) is 98.5 Å². The molecule has 1 aliphatic rings. The van der Waals surface area contributed by atoms with Crippen LogP contribution in [0.25, 0.3) is 21.7 Å². The molecule has 0 saturated heterocycles. The van der Waals surface area contributed by atoms with Crippen LogP contribution in [0.3, 0.4) is 0 Å². The molecule has 6 nitrogen and oxygen atoms in total. The maximum atomic E-state index is 13.0. The number of fused-ring (bicyclic) bond motifs is 3. The SMILES string of the molecule is Cc1ccc2oc(C(=O)Oc3ccc4c(c3)OC(N)=C(C#N)C4c3cccc4ccccc34)c(C)c2c1. The highest BCUT2D eigenvalue weighted by atomic mass is 16.5. The van der Waals surface area contributed by atoms with Crippen molar-refractivity contribution >= 4 is 27.7 Å². The lowest BCUT2D eigenvalue weighted by Crippen LogP contribution is -2.21. The smallest absolute Gasteiger partial charge is 0.379 e. The Morgan fingerprint density at radius 1 is 0.946 bits per heavy atom. The van der Waals surface area contributed by atoms with Crippen LogP contribution in [-0.2, 0) is 0 Å². The molecule has 0 fully saturated rings. The minimum Gasteiger partial charge on any atom is -0.449 e. The van der Waals surface area contributed by atoms with Crippen LogP contribution in [0.2, 0.25) is 0 Å². The van der Waals surface area contributed by atoms with Gasteiger partial charge in [0.25, 0.3) is 0 Å². The van der Waals surface area contributed by atoms with Crippen LogP contribution in [-0.4, -0.2) is 5.97 Å². The fourth-order valence-corrected chi connectivity index (χ4v) is 5.00. The number of nitrogens with two attached hydrogens (primary N) is 1. The fraction of sp³-hybridized carbons (Fsp3) is 0.0968. The molecule has 5 aromatic rings. The van der Waals surface area contributed by atoms with Crippen LogP contribution < -0.4 is 15.2 Å². The number of furan rings is 1. The Hall–Kier alpha value is -5.02. The van der Waals surface area contributed by atoms with Gasteiger partial charge >= 0.3 is 5.97 Å². The Labute approximate surface area is 213 Å². The van der Waals surface area contributed by atoms with Crippen molar-refractivity contribution in [3.05, 3.63) is 118 Å². The molecule has 0 aliphatic carbocycles. The van der Waals surface area contributed by atoms with Crippen molar-refractivity contribution in [3.8, 4) is 17.6 Å². The van der Waals surface area contributed by atoms with Gasteiger partial charge in [0.2, 0.25) is 11.6 Å². The number of ether oxygens (including phenoxy) is 2. The second-order valence-corrected chi connectivity index (χ2v) is 9.14. The monoisotopic (exact) mass is 486 g/mol. The second kappa shape index (κ2) is 8.58. The number of allylic oxidation sites excluding steroid dienone is 1. The molecule has 2 N–H and O–H groups in total. The molecule has 37 heavy (non-hydrogen) atoms. The molecule has 6 heteroatoms. The Morgan fingerprint density at radius 3 is 2.59 bits per heavy atom. The first kappa shape index (κ1) is 22.4. The predicted octanol–water partition coefficient (Wildman–Crippen LogP) is 6.64. The Bertz CT molecular complexity index is 1800. The van der Waals surface area contributed by atoms with Crippen molar-refractivity contribution in [3.63, 3.8) is 0 Å². The van der Waals surface area contributed by atoms with Gasteiger partial charge in [-0.1, -0.05) is 60.2 Å². The molecular weight excluding hydrogens is 464 g/mol. The quantitative estimate of drug-likeness (QED) is 0.227. The van der Waals surface area contributed by atoms with E-state index in [1.54, 1.807) is 12.1 Å². The van der Waals surface area contributed by atoms with Crippen LogP contribution in [0.15, 0.2) is 94.7 Å². The third kappa shape index (κ3) is 3.69. The van der Waals surface area contributed by atoms with E-state index in [0.29, 0.717) is 16.9 Å². The molecule has 4 aromatic carbocycles. The normalized spacial score (nSPS) is 14.8. The van der Waals surface area contributed by atoms with Crippen LogP contribution >= 0.6 is 0 Å². The minimum absolute atomic E-state index is 0.0277. The summed E-state index contributed by atoms with van der Waals surface area (Å²) in [5.74, 6) is -0.139. The van der Waals surface area contributed by atoms with E-state index in [-0.39, 0.29) is 17.4 Å². The first-order valence-electron chi connectivity index (χ1n) is 11.9. The summed E-state index contributed by atoms with van der Waals surface area (Å²) >= 11 is 0. The summed E-state index contributed by atoms with van der Waals surface area (Å²) in [4.78, 5) is 13.0. The Morgan fingerprint density at radius 2 is 1.76 bits per heavy atom. The lowest BCUT2D eigenvalue weighted by atomic mass is 9.81. The third-order valence-electron chi connectivity index (χ3n) is 6.81. The molecule has 2 heterocycles. The first-order chi connectivity index (χ1) is 17.9. The van der Waals surface area contributed by atoms with Crippen molar-refractivity contribution in [2.45, 2.75) is 19.8 Å². The molecule has 0 spiro atoms. The van der Waals surface area contributed by atoms with Crippen LogP contribution in [0.5, 0.6) is 11.5 Å². The fourth-order valence-electron chi connectivity index (χ4n) is 5.00. The van der Waals surface area contributed by atoms with Gasteiger partial charge in [0.1, 0.15) is 28.7 Å². The lowest BCUT2D eigenvalue weighted by molar-refractivity contribution is 0.0702. The van der Waals surface area contributed by atoms with Gasteiger partial charge < -0.3 is 19.6 Å². The Kier molecular flexibility index (Phi) is 5.20. The number of hydrogen-bond acceptors (Lipinski definition) is 6. The largest absolute Gasteiger partial charge is 0.449 e. The van der Waals surface area contributed by atoms with Gasteiger partial charge in [-0.2, -0.15) is 5.26 Å². The van der Waals surface area contributed by atoms with E-state index in [2.05, 4.69) is 6.07 Å². The number of nitriles is 1. The standard InChI is InChI=1S/C31H22N2O4/c1-17-10-13-26-24(14-17)18(2)29(36-26)31(34)35-20-11-12-23-27(15-20)37-30(33)25(16-32)28(23)22-9-5-7-19-6-3-4-8-21(19)22/h3-15,28H,33H2,1-2H3. The van der Waals surface area contributed by atoms with Gasteiger partial charge in [0.05, 0.1) is 5.92 Å². The van der Waals surface area contributed by atoms with Gasteiger partial charge in [-0.15, -0.1) is 0 Å². The molecular formula is C31H22N2O4. The number of esters is 1. The van der Waals surface area contributed by atoms with E-state index in [4.69, 9.17) is 19.6 Å². The van der Waals surface area contributed by atoms with E-state index in [9.17, 15) is 10.1 Å². The van der Waals surface area contributed by atoms with Gasteiger partial charge in [0.15, 0.2) is 0 Å². The summed E-state index contributed by atoms with van der Waals surface area (Å²) < 4.78 is 17.3. The number of nitrogens with zero attached hydrogens (tertiary/aromatic N) is 1. The highest BCUT2D eigenvalue weighted by Gasteiger charge is 2.32. The summed E-state index contributed by atoms with van der Waals surface area (Å²) in [6.45, 7) is 3.82. The van der Waals surface area contributed by atoms with Crippen LogP contribution in [0.1, 0.15) is 38.7 Å². The van der Waals surface area contributed by atoms with Gasteiger partial charge in [-0.05, 0) is 48.4 Å². The number of carbonyl (C=O) groups excluding carboxylic acids is 1. The molecule has 0 bridgehead atoms. The molecule has 0 radical (unpaired) electrons. The van der Waals surface area contributed by atoms with Crippen molar-refractivity contribution in [2.75, 3.05) is 0 Å². The molecule has 0 saturated carbocycles. The molecule has 1 unspecified atom stereocenters. The number of rotatable bonds is 3. The summed E-state index contributed by atoms with van der Waals surface area (Å²) in [7, 11) is 0. The van der Waals surface area contributed by atoms with E-state index < -0.39 is 11.9 Å². The minimum atomic E-state index is -0.603. The average Bonchev–Trinajstić information content (AvgIpc) is 3.23. The zero-order valence-electron chi connectivity index (χ0n) is 20.2. The van der Waals surface area contributed by atoms with E-state index in [0.717, 1.165) is 38.4 Å². The van der Waals surface area contributed by atoms with E-state index in [1.165, 1.54) is 0 Å². The second-order valence-electron chi connectivity index (χ2n) is 9.14. The molecule has 0 amide bonds. The van der Waals surface area contributed by atoms with Gasteiger partial charge in [0, 0.05) is 22.6 Å². The number of aryl methyl sites for hydroxylation is 2. The van der Waals surface area contributed by atoms with Gasteiger partial charge in [-0.25, -0.2) is 4.79 Å². The van der Waals surface area contributed by atoms with Crippen molar-refractivity contribution < 1.29 is 18.7 Å². The summed E-state index contributed by atoms with van der Waals surface area (Å²) in [6.07, 6.45) is 0. The zero-order valence-corrected chi connectivity index (χ0v) is 20.2. The van der Waals surface area contributed by atoms with E-state index >= 15 is 0 Å². The zero-order chi connectivity index (χ0) is 25.7. The molecule has 1 aromatic heterocycles. The number of carbonyl (C=O) groups is 1. The molecule has 1 atom stereocenters. The molecule has 1 aliphatic heterocycles. The lowest BCUT2D eigenvalue weighted by Gasteiger charge is -2.27. The Balaban J connectivity index is 1.39. The van der Waals surface area contributed by atoms with Crippen molar-refractivity contribution in [1.29, 1.82) is 5.26 Å². The average molecular weight is 487 g/mol. The third-order valence-corrected chi connectivity index (χ3v) is 6.81. The van der Waals surface area contributed by atoms with Crippen LogP contribution in [0.4, 0.5) is 0 Å². The maximum absolute atomic E-state index is 13.0. The summed E-state index contributed by atoms with van der Waals surface area (Å²) in [5, 5.41) is 12.9. The van der Waals surface area contributed by atoms with E-state index in [1.807, 2.05) is 80.6 Å². The number of hydrogen-bond donors (Lipinski definition) is 1. The summed E-state index contributed by atoms with van der Waals surface area (Å²) in [6, 6.07) is 27.1. The van der Waals surface area contributed by atoms with Gasteiger partial charge in [-0.3, -0.25) is 0 Å².